The lowest BCUT2D eigenvalue weighted by Crippen LogP contribution is -2.09. The lowest BCUT2D eigenvalue weighted by Gasteiger charge is -2.11. The highest BCUT2D eigenvalue weighted by Gasteiger charge is 2.14. The van der Waals surface area contributed by atoms with Crippen LogP contribution in [0.1, 0.15) is 29.3 Å². The summed E-state index contributed by atoms with van der Waals surface area (Å²) in [6, 6.07) is 12.5. The molecule has 0 saturated carbocycles. The fraction of sp³-hybridized carbons (Fsp3) is 0.267. The molecule has 0 amide bonds. The fourth-order valence-corrected chi connectivity index (χ4v) is 1.67. The van der Waals surface area contributed by atoms with Gasteiger partial charge < -0.3 is 19.0 Å². The molecule has 0 saturated heterocycles. The molecule has 0 aliphatic heterocycles. The maximum Gasteiger partial charge on any atom is 0.371 e. The summed E-state index contributed by atoms with van der Waals surface area (Å²) in [7, 11) is 0. The third kappa shape index (κ3) is 3.86. The second-order valence-electron chi connectivity index (χ2n) is 4.18. The van der Waals surface area contributed by atoms with E-state index in [1.54, 1.807) is 13.0 Å². The monoisotopic (exact) mass is 276 g/mol. The van der Waals surface area contributed by atoms with E-state index in [0.29, 0.717) is 19.0 Å². The van der Waals surface area contributed by atoms with E-state index < -0.39 is 5.97 Å². The van der Waals surface area contributed by atoms with Crippen LogP contribution < -0.4 is 4.74 Å². The fourth-order valence-electron chi connectivity index (χ4n) is 1.67. The minimum Gasteiger partial charge on any atom is -0.491 e. The number of ether oxygens (including phenoxy) is 2. The van der Waals surface area contributed by atoms with Gasteiger partial charge in [-0.25, -0.2) is 4.79 Å². The summed E-state index contributed by atoms with van der Waals surface area (Å²) in [6.07, 6.45) is -0.317. The Bertz CT molecular complexity index is 546. The molecule has 0 bridgehead atoms. The average Bonchev–Trinajstić information content (AvgIpc) is 2.94. The molecule has 5 nitrogen and oxygen atoms in total. The van der Waals surface area contributed by atoms with Crippen LogP contribution in [0.15, 0.2) is 46.9 Å². The number of hydrogen-bond acceptors (Lipinski definition) is 4. The van der Waals surface area contributed by atoms with Crippen molar-refractivity contribution in [3.8, 4) is 5.75 Å². The summed E-state index contributed by atoms with van der Waals surface area (Å²) >= 11 is 0. The number of carboxylic acid groups (broad SMARTS) is 1. The Hall–Kier alpha value is -2.27. The Balaban J connectivity index is 1.74. The zero-order valence-electron chi connectivity index (χ0n) is 11.1. The number of hydrogen-bond donors (Lipinski definition) is 1. The molecule has 0 radical (unpaired) electrons. The summed E-state index contributed by atoms with van der Waals surface area (Å²) in [5, 5.41) is 8.77. The lowest BCUT2D eigenvalue weighted by molar-refractivity contribution is 0.0301. The third-order valence-corrected chi connectivity index (χ3v) is 2.70. The van der Waals surface area contributed by atoms with Crippen molar-refractivity contribution < 1.29 is 23.8 Å². The van der Waals surface area contributed by atoms with Gasteiger partial charge in [-0.05, 0) is 31.2 Å². The van der Waals surface area contributed by atoms with Crippen LogP contribution in [0.2, 0.25) is 0 Å². The number of carboxylic acids is 1. The van der Waals surface area contributed by atoms with Crippen molar-refractivity contribution in [2.75, 3.05) is 13.2 Å². The van der Waals surface area contributed by atoms with Gasteiger partial charge in [0, 0.05) is 0 Å². The predicted molar refractivity (Wildman–Crippen MR) is 72.0 cm³/mol. The van der Waals surface area contributed by atoms with Crippen molar-refractivity contribution in [2.45, 2.75) is 13.0 Å². The molecule has 2 rings (SSSR count). The van der Waals surface area contributed by atoms with Crippen molar-refractivity contribution in [1.29, 1.82) is 0 Å². The average molecular weight is 276 g/mol. The number of furan rings is 1. The molecule has 1 atom stereocenters. The Labute approximate surface area is 116 Å². The van der Waals surface area contributed by atoms with Crippen molar-refractivity contribution in [3.63, 3.8) is 0 Å². The van der Waals surface area contributed by atoms with Gasteiger partial charge in [0.05, 0.1) is 6.61 Å². The molecule has 0 aliphatic rings. The van der Waals surface area contributed by atoms with Crippen molar-refractivity contribution in [3.05, 3.63) is 54.0 Å². The number of benzene rings is 1. The Kier molecular flexibility index (Phi) is 4.79. The smallest absolute Gasteiger partial charge is 0.371 e. The van der Waals surface area contributed by atoms with Gasteiger partial charge in [-0.1, -0.05) is 18.2 Å². The molecular formula is C15H16O5. The van der Waals surface area contributed by atoms with Gasteiger partial charge in [-0.3, -0.25) is 0 Å². The normalized spacial score (nSPS) is 12.1. The molecule has 5 heteroatoms. The second-order valence-corrected chi connectivity index (χ2v) is 4.18. The summed E-state index contributed by atoms with van der Waals surface area (Å²) in [5.74, 6) is 0.101. The minimum atomic E-state index is -1.09. The van der Waals surface area contributed by atoms with Gasteiger partial charge >= 0.3 is 5.97 Å². The number of rotatable bonds is 7. The number of carbonyl (C=O) groups is 1. The highest BCUT2D eigenvalue weighted by molar-refractivity contribution is 5.84. The molecule has 20 heavy (non-hydrogen) atoms. The number of aromatic carboxylic acids is 1. The largest absolute Gasteiger partial charge is 0.491 e. The van der Waals surface area contributed by atoms with Crippen LogP contribution >= 0.6 is 0 Å². The maximum absolute atomic E-state index is 10.7. The first-order chi connectivity index (χ1) is 9.66. The molecule has 106 valence electrons. The molecule has 1 aromatic heterocycles. The van der Waals surface area contributed by atoms with E-state index in [2.05, 4.69) is 0 Å². The van der Waals surface area contributed by atoms with Gasteiger partial charge in [0.2, 0.25) is 5.76 Å². The summed E-state index contributed by atoms with van der Waals surface area (Å²) in [5.41, 5.74) is 0. The van der Waals surface area contributed by atoms with E-state index in [1.807, 2.05) is 30.3 Å². The molecule has 1 heterocycles. The van der Waals surface area contributed by atoms with E-state index in [1.165, 1.54) is 6.07 Å². The van der Waals surface area contributed by atoms with Crippen LogP contribution in [0.25, 0.3) is 0 Å². The number of para-hydroxylation sites is 1. The van der Waals surface area contributed by atoms with Crippen LogP contribution in [0.3, 0.4) is 0 Å². The molecular weight excluding hydrogens is 260 g/mol. The first kappa shape index (κ1) is 14.1. The first-order valence-electron chi connectivity index (χ1n) is 6.29. The highest BCUT2D eigenvalue weighted by Crippen LogP contribution is 2.19. The zero-order chi connectivity index (χ0) is 14.4. The van der Waals surface area contributed by atoms with Gasteiger partial charge in [-0.15, -0.1) is 0 Å². The van der Waals surface area contributed by atoms with Crippen molar-refractivity contribution >= 4 is 5.97 Å². The van der Waals surface area contributed by atoms with Crippen LogP contribution in [0.5, 0.6) is 5.75 Å². The van der Waals surface area contributed by atoms with E-state index in [4.69, 9.17) is 19.0 Å². The third-order valence-electron chi connectivity index (χ3n) is 2.70. The molecule has 1 unspecified atom stereocenters. The van der Waals surface area contributed by atoms with Gasteiger partial charge in [-0.2, -0.15) is 0 Å². The van der Waals surface area contributed by atoms with Crippen LogP contribution in [-0.4, -0.2) is 24.3 Å². The summed E-state index contributed by atoms with van der Waals surface area (Å²) in [6.45, 7) is 2.60. The molecule has 2 aromatic rings. The van der Waals surface area contributed by atoms with E-state index in [-0.39, 0.29) is 11.9 Å². The highest BCUT2D eigenvalue weighted by atomic mass is 16.5. The zero-order valence-corrected chi connectivity index (χ0v) is 11.1. The molecule has 0 aliphatic carbocycles. The molecule has 0 spiro atoms. The summed E-state index contributed by atoms with van der Waals surface area (Å²) in [4.78, 5) is 10.7. The second kappa shape index (κ2) is 6.77. The first-order valence-corrected chi connectivity index (χ1v) is 6.29. The van der Waals surface area contributed by atoms with Crippen molar-refractivity contribution in [2.24, 2.45) is 0 Å². The predicted octanol–water partition coefficient (Wildman–Crippen LogP) is 3.13. The van der Waals surface area contributed by atoms with E-state index >= 15 is 0 Å². The Morgan fingerprint density at radius 1 is 1.20 bits per heavy atom. The van der Waals surface area contributed by atoms with E-state index in [0.717, 1.165) is 5.75 Å². The standard InChI is InChI=1S/C15H16O5/c1-11(13-7-8-14(20-13)15(16)17)18-9-10-19-12-5-3-2-4-6-12/h2-8,11H,9-10H2,1H3,(H,16,17). The van der Waals surface area contributed by atoms with Gasteiger partial charge in [0.1, 0.15) is 24.2 Å². The van der Waals surface area contributed by atoms with Crippen LogP contribution in [0, 0.1) is 0 Å². The Morgan fingerprint density at radius 3 is 2.60 bits per heavy atom. The summed E-state index contributed by atoms with van der Waals surface area (Å²) < 4.78 is 16.2. The van der Waals surface area contributed by atoms with Crippen LogP contribution in [-0.2, 0) is 4.74 Å². The lowest BCUT2D eigenvalue weighted by atomic mass is 10.3. The quantitative estimate of drug-likeness (QED) is 0.787. The van der Waals surface area contributed by atoms with Crippen molar-refractivity contribution in [1.82, 2.24) is 0 Å². The maximum atomic E-state index is 10.7. The molecule has 1 aromatic carbocycles. The molecule has 1 N–H and O–H groups in total. The van der Waals surface area contributed by atoms with Gasteiger partial charge in [0.15, 0.2) is 0 Å². The van der Waals surface area contributed by atoms with Gasteiger partial charge in [0.25, 0.3) is 0 Å². The minimum absolute atomic E-state index is 0.0871. The Morgan fingerprint density at radius 2 is 1.95 bits per heavy atom. The SMILES string of the molecule is CC(OCCOc1ccccc1)c1ccc(C(=O)O)o1. The van der Waals surface area contributed by atoms with Crippen LogP contribution in [0.4, 0.5) is 0 Å². The van der Waals surface area contributed by atoms with E-state index in [9.17, 15) is 4.79 Å². The topological polar surface area (TPSA) is 68.9 Å². The molecule has 0 fully saturated rings.